The molecule has 2 aromatic carbocycles. The monoisotopic (exact) mass is 671 g/mol. The number of ether oxygens (including phenoxy) is 2. The molecule has 3 heterocycles. The molecule has 0 aliphatic carbocycles. The molecule has 0 saturated carbocycles. The van der Waals surface area contributed by atoms with Crippen molar-refractivity contribution in [1.29, 1.82) is 0 Å². The Balaban J connectivity index is 1.23. The fourth-order valence-corrected chi connectivity index (χ4v) is 6.09. The van der Waals surface area contributed by atoms with Gasteiger partial charge < -0.3 is 20.1 Å². The molecule has 13 heteroatoms. The SMILES string of the molecule is CCOC(=O)c1nc(NCc2cc(C)c(Nc3nc4ccccc4s3)nn2)sc1/C=C(\C)COc1ccc(C#CCN(C)C)cc1F. The van der Waals surface area contributed by atoms with Gasteiger partial charge in [0, 0.05) is 5.56 Å². The zero-order valence-electron chi connectivity index (χ0n) is 26.7. The predicted molar refractivity (Wildman–Crippen MR) is 186 cm³/mol. The Labute approximate surface area is 280 Å². The molecule has 0 amide bonds. The Kier molecular flexibility index (Phi) is 11.1. The number of hydrogen-bond acceptors (Lipinski definition) is 12. The molecule has 0 unspecified atom stereocenters. The van der Waals surface area contributed by atoms with Gasteiger partial charge in [-0.3, -0.25) is 4.90 Å². The summed E-state index contributed by atoms with van der Waals surface area (Å²) in [5.74, 6) is 5.64. The van der Waals surface area contributed by atoms with Crippen LogP contribution in [0.3, 0.4) is 0 Å². The predicted octanol–water partition coefficient (Wildman–Crippen LogP) is 6.92. The van der Waals surface area contributed by atoms with Crippen LogP contribution in [0.25, 0.3) is 16.3 Å². The number of rotatable bonds is 12. The van der Waals surface area contributed by atoms with Crippen LogP contribution in [0, 0.1) is 24.6 Å². The highest BCUT2D eigenvalue weighted by atomic mass is 32.1. The van der Waals surface area contributed by atoms with Crippen LogP contribution < -0.4 is 15.4 Å². The van der Waals surface area contributed by atoms with Crippen LogP contribution in [0.15, 0.2) is 54.1 Å². The number of nitrogens with one attached hydrogen (secondary N) is 2. The van der Waals surface area contributed by atoms with Crippen molar-refractivity contribution >= 4 is 61.0 Å². The lowest BCUT2D eigenvalue weighted by atomic mass is 10.2. The summed E-state index contributed by atoms with van der Waals surface area (Å²) in [6.07, 6.45) is 1.79. The summed E-state index contributed by atoms with van der Waals surface area (Å²) in [6.45, 7) is 6.77. The molecule has 0 saturated heterocycles. The van der Waals surface area contributed by atoms with Gasteiger partial charge in [0.05, 0.1) is 40.5 Å². The Morgan fingerprint density at radius 2 is 1.91 bits per heavy atom. The standard InChI is InChI=1S/C34H34FN7O3S2/c1-6-44-32(43)30-29(16-21(2)20-45-27-14-13-23(18-25(27)35)10-9-15-42(4)5)47-33(38-30)36-19-24-17-22(3)31(41-40-24)39-34-37-26-11-7-8-12-28(26)46-34/h7-8,11-14,16-18H,6,15,19-20H2,1-5H3,(H,36,38)(H,37,39,41)/b21-16+. The summed E-state index contributed by atoms with van der Waals surface area (Å²) in [7, 11) is 3.84. The van der Waals surface area contributed by atoms with Crippen LogP contribution in [0.4, 0.5) is 20.5 Å². The fraction of sp³-hybridized carbons (Fsp3) is 0.265. The van der Waals surface area contributed by atoms with Crippen molar-refractivity contribution in [2.24, 2.45) is 0 Å². The average molecular weight is 672 g/mol. The van der Waals surface area contributed by atoms with Crippen molar-refractivity contribution in [2.75, 3.05) is 44.5 Å². The molecule has 10 nitrogen and oxygen atoms in total. The van der Waals surface area contributed by atoms with Gasteiger partial charge in [-0.2, -0.15) is 5.10 Å². The maximum Gasteiger partial charge on any atom is 0.358 e. The molecular weight excluding hydrogens is 638 g/mol. The molecule has 0 spiro atoms. The Morgan fingerprint density at radius 3 is 2.66 bits per heavy atom. The number of nitrogens with zero attached hydrogens (tertiary/aromatic N) is 5. The van der Waals surface area contributed by atoms with Crippen molar-refractivity contribution in [3.8, 4) is 17.6 Å². The summed E-state index contributed by atoms with van der Waals surface area (Å²) in [4.78, 5) is 24.4. The van der Waals surface area contributed by atoms with Crippen LogP contribution in [0.5, 0.6) is 5.75 Å². The second-order valence-corrected chi connectivity index (χ2v) is 12.8. The number of carbonyl (C=O) groups is 1. The lowest BCUT2D eigenvalue weighted by molar-refractivity contribution is 0.0520. The number of hydrogen-bond donors (Lipinski definition) is 2. The highest BCUT2D eigenvalue weighted by molar-refractivity contribution is 7.22. The number of carbonyl (C=O) groups excluding carboxylic acids is 1. The number of anilines is 3. The van der Waals surface area contributed by atoms with Crippen molar-refractivity contribution < 1.29 is 18.7 Å². The summed E-state index contributed by atoms with van der Waals surface area (Å²) >= 11 is 2.84. The minimum Gasteiger partial charge on any atom is -0.486 e. The molecule has 3 aromatic heterocycles. The van der Waals surface area contributed by atoms with Gasteiger partial charge in [0.2, 0.25) is 0 Å². The molecule has 0 aliphatic rings. The first-order valence-corrected chi connectivity index (χ1v) is 16.4. The highest BCUT2D eigenvalue weighted by Crippen LogP contribution is 2.29. The smallest absolute Gasteiger partial charge is 0.358 e. The zero-order valence-corrected chi connectivity index (χ0v) is 28.3. The molecule has 0 radical (unpaired) electrons. The maximum atomic E-state index is 14.7. The van der Waals surface area contributed by atoms with Crippen LogP contribution >= 0.6 is 22.7 Å². The number of esters is 1. The molecule has 0 atom stereocenters. The molecule has 5 aromatic rings. The minimum absolute atomic E-state index is 0.109. The van der Waals surface area contributed by atoms with Gasteiger partial charge in [0.15, 0.2) is 33.3 Å². The molecule has 0 aliphatic heterocycles. The van der Waals surface area contributed by atoms with Crippen molar-refractivity contribution in [1.82, 2.24) is 25.1 Å². The van der Waals surface area contributed by atoms with E-state index in [0.717, 1.165) is 26.5 Å². The highest BCUT2D eigenvalue weighted by Gasteiger charge is 2.19. The normalized spacial score (nSPS) is 11.3. The Morgan fingerprint density at radius 1 is 1.09 bits per heavy atom. The van der Waals surface area contributed by atoms with Gasteiger partial charge in [0.25, 0.3) is 0 Å². The van der Waals surface area contributed by atoms with Gasteiger partial charge in [-0.15, -0.1) is 5.10 Å². The summed E-state index contributed by atoms with van der Waals surface area (Å²) < 4.78 is 26.7. The topological polar surface area (TPSA) is 114 Å². The first-order valence-electron chi connectivity index (χ1n) is 14.8. The van der Waals surface area contributed by atoms with E-state index in [1.54, 1.807) is 36.5 Å². The van der Waals surface area contributed by atoms with E-state index in [9.17, 15) is 9.18 Å². The molecule has 0 fully saturated rings. The average Bonchev–Trinajstić information content (AvgIpc) is 3.64. The van der Waals surface area contributed by atoms with E-state index in [4.69, 9.17) is 9.47 Å². The maximum absolute atomic E-state index is 14.7. The first-order chi connectivity index (χ1) is 22.7. The number of benzene rings is 2. The molecule has 47 heavy (non-hydrogen) atoms. The largest absolute Gasteiger partial charge is 0.486 e. The third-order valence-corrected chi connectivity index (χ3v) is 8.40. The number of halogens is 1. The van der Waals surface area contributed by atoms with Gasteiger partial charge in [-0.05, 0) is 88.5 Å². The van der Waals surface area contributed by atoms with E-state index < -0.39 is 11.8 Å². The van der Waals surface area contributed by atoms with Crippen molar-refractivity contribution in [3.05, 3.63) is 87.3 Å². The van der Waals surface area contributed by atoms with Crippen LogP contribution in [0.1, 0.15) is 46.0 Å². The Hall–Kier alpha value is -4.90. The molecular formula is C34H34FN7O3S2. The van der Waals surface area contributed by atoms with Crippen LogP contribution in [0.2, 0.25) is 0 Å². The van der Waals surface area contributed by atoms with Crippen molar-refractivity contribution in [3.63, 3.8) is 0 Å². The van der Waals surface area contributed by atoms with Crippen LogP contribution in [-0.4, -0.2) is 64.9 Å². The number of fused-ring (bicyclic) bond motifs is 1. The second kappa shape index (κ2) is 15.6. The first kappa shape index (κ1) is 33.5. The summed E-state index contributed by atoms with van der Waals surface area (Å²) in [6, 6.07) is 14.5. The molecule has 5 rings (SSSR count). The molecule has 0 bridgehead atoms. The van der Waals surface area contributed by atoms with Gasteiger partial charge in [0.1, 0.15) is 6.61 Å². The summed E-state index contributed by atoms with van der Waals surface area (Å²) in [5, 5.41) is 16.5. The molecule has 242 valence electrons. The molecule has 2 N–H and O–H groups in total. The van der Waals surface area contributed by atoms with Gasteiger partial charge in [-0.1, -0.05) is 46.6 Å². The van der Waals surface area contributed by atoms with Crippen molar-refractivity contribution in [2.45, 2.75) is 27.3 Å². The quantitative estimate of drug-likeness (QED) is 0.107. The second-order valence-electron chi connectivity index (χ2n) is 10.7. The number of para-hydroxylation sites is 1. The van der Waals surface area contributed by atoms with Gasteiger partial charge in [-0.25, -0.2) is 19.2 Å². The lowest BCUT2D eigenvalue weighted by Gasteiger charge is -2.08. The lowest BCUT2D eigenvalue weighted by Crippen LogP contribution is -2.10. The van der Waals surface area contributed by atoms with E-state index in [1.165, 1.54) is 17.4 Å². The zero-order chi connectivity index (χ0) is 33.3. The van der Waals surface area contributed by atoms with E-state index in [0.29, 0.717) is 40.2 Å². The van der Waals surface area contributed by atoms with E-state index in [2.05, 4.69) is 42.6 Å². The summed E-state index contributed by atoms with van der Waals surface area (Å²) in [5.41, 5.74) is 4.05. The van der Waals surface area contributed by atoms with E-state index in [1.807, 2.05) is 63.2 Å². The number of aryl methyl sites for hydroxylation is 1. The third-order valence-electron chi connectivity index (χ3n) is 6.49. The Bertz CT molecular complexity index is 1940. The fourth-order valence-electron chi connectivity index (χ4n) is 4.25. The van der Waals surface area contributed by atoms with E-state index in [-0.39, 0.29) is 24.7 Å². The number of aromatic nitrogens is 4. The van der Waals surface area contributed by atoms with Crippen LogP contribution in [-0.2, 0) is 11.3 Å². The van der Waals surface area contributed by atoms with E-state index >= 15 is 0 Å². The minimum atomic E-state index is -0.533. The number of thiazole rings is 2. The third kappa shape index (κ3) is 9.10. The van der Waals surface area contributed by atoms with Gasteiger partial charge >= 0.3 is 5.97 Å².